The van der Waals surface area contributed by atoms with E-state index in [9.17, 15) is 9.59 Å². The van der Waals surface area contributed by atoms with Gasteiger partial charge < -0.3 is 10.2 Å². The van der Waals surface area contributed by atoms with Crippen LogP contribution in [0, 0.1) is 6.92 Å². The highest BCUT2D eigenvalue weighted by atomic mass is 32.1. The number of likely N-dealkylation sites (N-methyl/N-ethyl adjacent to an activating group) is 1. The Kier molecular flexibility index (Phi) is 5.63. The lowest BCUT2D eigenvalue weighted by Gasteiger charge is -2.24. The van der Waals surface area contributed by atoms with Gasteiger partial charge in [-0.1, -0.05) is 29.0 Å². The number of likely N-dealkylation sites (tertiary alicyclic amines) is 1. The molecule has 0 saturated carbocycles. The van der Waals surface area contributed by atoms with Crippen LogP contribution in [0.25, 0.3) is 0 Å². The van der Waals surface area contributed by atoms with Crippen LogP contribution in [0.1, 0.15) is 33.2 Å². The summed E-state index contributed by atoms with van der Waals surface area (Å²) in [6.45, 7) is 3.39. The molecular weight excluding hydrogens is 350 g/mol. The summed E-state index contributed by atoms with van der Waals surface area (Å²) >= 11 is 1.27. The zero-order valence-corrected chi connectivity index (χ0v) is 16.0. The molecule has 1 atom stereocenters. The lowest BCUT2D eigenvalue weighted by atomic mass is 10.2. The fraction of sp³-hybridized carbons (Fsp3) is 0.444. The standard InChI is InChI=1S/C18H23N5O2S/c1-12-6-8-13(9-7-12)19-16(24)17-21-20-15(26-17)11-23-10-4-5-14(23)18(25)22(2)3/h6-9,14H,4-5,10-11H2,1-3H3,(H,19,24). The number of aromatic nitrogens is 2. The molecule has 26 heavy (non-hydrogen) atoms. The largest absolute Gasteiger partial charge is 0.347 e. The highest BCUT2D eigenvalue weighted by Crippen LogP contribution is 2.23. The molecule has 1 fully saturated rings. The number of aryl methyl sites for hydroxylation is 1. The van der Waals surface area contributed by atoms with Gasteiger partial charge in [0.05, 0.1) is 12.6 Å². The topological polar surface area (TPSA) is 78.4 Å². The molecule has 1 unspecified atom stereocenters. The minimum atomic E-state index is -0.264. The molecule has 1 aliphatic heterocycles. The van der Waals surface area contributed by atoms with Crippen molar-refractivity contribution < 1.29 is 9.59 Å². The van der Waals surface area contributed by atoms with Gasteiger partial charge in [-0.3, -0.25) is 14.5 Å². The predicted octanol–water partition coefficient (Wildman–Crippen LogP) is 2.15. The normalized spacial score (nSPS) is 17.3. The minimum absolute atomic E-state index is 0.112. The van der Waals surface area contributed by atoms with E-state index in [1.54, 1.807) is 19.0 Å². The van der Waals surface area contributed by atoms with Crippen molar-refractivity contribution >= 4 is 28.8 Å². The molecule has 0 bridgehead atoms. The molecule has 0 radical (unpaired) electrons. The zero-order chi connectivity index (χ0) is 18.7. The van der Waals surface area contributed by atoms with Crippen LogP contribution < -0.4 is 5.32 Å². The van der Waals surface area contributed by atoms with Crippen LogP contribution in [0.15, 0.2) is 24.3 Å². The van der Waals surface area contributed by atoms with Gasteiger partial charge in [-0.2, -0.15) is 0 Å². The maximum Gasteiger partial charge on any atom is 0.286 e. The van der Waals surface area contributed by atoms with Gasteiger partial charge >= 0.3 is 0 Å². The number of hydrogen-bond donors (Lipinski definition) is 1. The van der Waals surface area contributed by atoms with Crippen LogP contribution in [-0.4, -0.2) is 58.5 Å². The van der Waals surface area contributed by atoms with Crippen molar-refractivity contribution in [3.8, 4) is 0 Å². The number of benzene rings is 1. The van der Waals surface area contributed by atoms with E-state index in [-0.39, 0.29) is 17.9 Å². The van der Waals surface area contributed by atoms with E-state index in [4.69, 9.17) is 0 Å². The Hall–Kier alpha value is -2.32. The summed E-state index contributed by atoms with van der Waals surface area (Å²) in [4.78, 5) is 28.4. The first-order chi connectivity index (χ1) is 12.4. The predicted molar refractivity (Wildman–Crippen MR) is 101 cm³/mol. The zero-order valence-electron chi connectivity index (χ0n) is 15.2. The van der Waals surface area contributed by atoms with Crippen molar-refractivity contribution in [1.82, 2.24) is 20.0 Å². The summed E-state index contributed by atoms with van der Waals surface area (Å²) in [5.41, 5.74) is 1.86. The van der Waals surface area contributed by atoms with Crippen molar-refractivity contribution in [2.24, 2.45) is 0 Å². The fourth-order valence-electron chi connectivity index (χ4n) is 3.00. The highest BCUT2D eigenvalue weighted by Gasteiger charge is 2.32. The lowest BCUT2D eigenvalue weighted by molar-refractivity contribution is -0.133. The second-order valence-corrected chi connectivity index (χ2v) is 7.74. The number of nitrogens with zero attached hydrogens (tertiary/aromatic N) is 4. The molecule has 2 amide bonds. The van der Waals surface area contributed by atoms with Gasteiger partial charge in [0.15, 0.2) is 0 Å². The third kappa shape index (κ3) is 4.25. The third-order valence-electron chi connectivity index (χ3n) is 4.40. The maximum absolute atomic E-state index is 12.3. The fourth-order valence-corrected chi connectivity index (χ4v) is 3.76. The molecule has 1 saturated heterocycles. The Bertz CT molecular complexity index is 787. The highest BCUT2D eigenvalue weighted by molar-refractivity contribution is 7.13. The molecule has 0 spiro atoms. The van der Waals surface area contributed by atoms with Gasteiger partial charge in [0.2, 0.25) is 10.9 Å². The van der Waals surface area contributed by atoms with E-state index in [1.165, 1.54) is 11.3 Å². The maximum atomic E-state index is 12.3. The average Bonchev–Trinajstić information content (AvgIpc) is 3.26. The van der Waals surface area contributed by atoms with Gasteiger partial charge in [0.1, 0.15) is 5.01 Å². The summed E-state index contributed by atoms with van der Waals surface area (Å²) in [5, 5.41) is 12.1. The monoisotopic (exact) mass is 373 g/mol. The molecule has 2 heterocycles. The molecule has 7 nitrogen and oxygen atoms in total. The summed E-state index contributed by atoms with van der Waals surface area (Å²) < 4.78 is 0. The van der Waals surface area contributed by atoms with Crippen LogP contribution in [0.4, 0.5) is 5.69 Å². The molecule has 0 aliphatic carbocycles. The van der Waals surface area contributed by atoms with Crippen LogP contribution >= 0.6 is 11.3 Å². The Labute approximate surface area is 157 Å². The second kappa shape index (κ2) is 7.92. The number of nitrogens with one attached hydrogen (secondary N) is 1. The molecule has 1 aliphatic rings. The van der Waals surface area contributed by atoms with E-state index in [2.05, 4.69) is 20.4 Å². The van der Waals surface area contributed by atoms with Crippen molar-refractivity contribution in [3.63, 3.8) is 0 Å². The van der Waals surface area contributed by atoms with E-state index in [1.807, 2.05) is 31.2 Å². The Morgan fingerprint density at radius 1 is 1.27 bits per heavy atom. The van der Waals surface area contributed by atoms with E-state index in [0.29, 0.717) is 11.6 Å². The van der Waals surface area contributed by atoms with Crippen molar-refractivity contribution in [1.29, 1.82) is 0 Å². The van der Waals surface area contributed by atoms with Crippen LogP contribution in [-0.2, 0) is 11.3 Å². The quantitative estimate of drug-likeness (QED) is 0.869. The number of carbonyl (C=O) groups excluding carboxylic acids is 2. The molecule has 138 valence electrons. The summed E-state index contributed by atoms with van der Waals surface area (Å²) in [6.07, 6.45) is 1.85. The number of carbonyl (C=O) groups is 2. The van der Waals surface area contributed by atoms with Gasteiger partial charge in [-0.05, 0) is 38.4 Å². The number of rotatable bonds is 5. The molecular formula is C18H23N5O2S. The first-order valence-electron chi connectivity index (χ1n) is 8.59. The van der Waals surface area contributed by atoms with Crippen molar-refractivity contribution in [3.05, 3.63) is 39.8 Å². The van der Waals surface area contributed by atoms with Crippen LogP contribution in [0.2, 0.25) is 0 Å². The average molecular weight is 373 g/mol. The van der Waals surface area contributed by atoms with Crippen molar-refractivity contribution in [2.45, 2.75) is 32.4 Å². The van der Waals surface area contributed by atoms with Gasteiger partial charge in [-0.15, -0.1) is 10.2 Å². The van der Waals surface area contributed by atoms with E-state index >= 15 is 0 Å². The number of anilines is 1. The Morgan fingerprint density at radius 3 is 2.69 bits per heavy atom. The smallest absolute Gasteiger partial charge is 0.286 e. The first kappa shape index (κ1) is 18.5. The Balaban J connectivity index is 1.63. The third-order valence-corrected chi connectivity index (χ3v) is 5.31. The summed E-state index contributed by atoms with van der Waals surface area (Å²) in [7, 11) is 3.55. The van der Waals surface area contributed by atoms with Gasteiger partial charge in [-0.25, -0.2) is 0 Å². The SMILES string of the molecule is Cc1ccc(NC(=O)c2nnc(CN3CCCC3C(=O)N(C)C)s2)cc1. The molecule has 1 N–H and O–H groups in total. The second-order valence-electron chi connectivity index (χ2n) is 6.68. The number of amides is 2. The van der Waals surface area contributed by atoms with Crippen molar-refractivity contribution in [2.75, 3.05) is 26.0 Å². The van der Waals surface area contributed by atoms with E-state index in [0.717, 1.165) is 35.6 Å². The molecule has 1 aromatic carbocycles. The minimum Gasteiger partial charge on any atom is -0.347 e. The first-order valence-corrected chi connectivity index (χ1v) is 9.41. The molecule has 3 rings (SSSR count). The molecule has 1 aromatic heterocycles. The van der Waals surface area contributed by atoms with Gasteiger partial charge in [0, 0.05) is 19.8 Å². The van der Waals surface area contributed by atoms with Crippen LogP contribution in [0.3, 0.4) is 0 Å². The van der Waals surface area contributed by atoms with Gasteiger partial charge in [0.25, 0.3) is 5.91 Å². The molecule has 8 heteroatoms. The van der Waals surface area contributed by atoms with E-state index < -0.39 is 0 Å². The molecule has 2 aromatic rings. The summed E-state index contributed by atoms with van der Waals surface area (Å²) in [5.74, 6) is -0.149. The summed E-state index contributed by atoms with van der Waals surface area (Å²) in [6, 6.07) is 7.49. The lowest BCUT2D eigenvalue weighted by Crippen LogP contribution is -2.42. The van der Waals surface area contributed by atoms with Crippen LogP contribution in [0.5, 0.6) is 0 Å². The Morgan fingerprint density at radius 2 is 2.00 bits per heavy atom. The number of hydrogen-bond acceptors (Lipinski definition) is 6.